The van der Waals surface area contributed by atoms with Crippen LogP contribution in [0.25, 0.3) is 0 Å². The molecule has 0 unspecified atom stereocenters. The standard InChI is InChI=1S/C46H63N3O8/c1-12-32(6)42(57-46(55)39(47(7)8)26-33-17-13-30(4)14-18-33)41(51)28-37(29(2)3)43(52)48(9)38(25-35-21-23-36(50)24-22-35)44(53)49(10)40(45(54)56-11)27-34-19-15-31(5)16-20-34/h13-24,29,32,37-40,42,50H,12,25-28H2,1-11H3/t32-,37-,38-,39-,40+,42-/m1/s1. The maximum Gasteiger partial charge on any atom is 0.328 e. The fourth-order valence-electron chi connectivity index (χ4n) is 6.79. The van der Waals surface area contributed by atoms with Gasteiger partial charge in [0.15, 0.2) is 11.9 Å². The number of ketones is 1. The Morgan fingerprint density at radius 2 is 1.07 bits per heavy atom. The van der Waals surface area contributed by atoms with Crippen LogP contribution in [0.2, 0.25) is 0 Å². The van der Waals surface area contributed by atoms with Gasteiger partial charge >= 0.3 is 11.9 Å². The molecule has 3 rings (SSSR count). The minimum Gasteiger partial charge on any atom is -0.508 e. The molecule has 310 valence electrons. The third-order valence-electron chi connectivity index (χ3n) is 11.0. The lowest BCUT2D eigenvalue weighted by Crippen LogP contribution is -2.55. The van der Waals surface area contributed by atoms with Crippen molar-refractivity contribution in [3.05, 3.63) is 101 Å². The van der Waals surface area contributed by atoms with Crippen molar-refractivity contribution in [2.24, 2.45) is 17.8 Å². The number of methoxy groups -OCH3 is 1. The van der Waals surface area contributed by atoms with Gasteiger partial charge in [0.1, 0.15) is 23.9 Å². The molecule has 6 atom stereocenters. The second kappa shape index (κ2) is 21.5. The Hall–Kier alpha value is -5.03. The number of aryl methyl sites for hydroxylation is 2. The molecular weight excluding hydrogens is 723 g/mol. The molecule has 0 aliphatic rings. The first-order valence-corrected chi connectivity index (χ1v) is 19.8. The monoisotopic (exact) mass is 785 g/mol. The van der Waals surface area contributed by atoms with Gasteiger partial charge in [0, 0.05) is 45.2 Å². The molecule has 0 bridgehead atoms. The summed E-state index contributed by atoms with van der Waals surface area (Å²) < 4.78 is 11.2. The molecule has 0 aliphatic carbocycles. The fourth-order valence-corrected chi connectivity index (χ4v) is 6.79. The molecule has 3 aromatic rings. The smallest absolute Gasteiger partial charge is 0.328 e. The number of phenolic OH excluding ortho intramolecular Hbond substituents is 1. The molecule has 0 aromatic heterocycles. The van der Waals surface area contributed by atoms with Crippen molar-refractivity contribution < 1.29 is 38.6 Å². The highest BCUT2D eigenvalue weighted by molar-refractivity contribution is 5.94. The molecule has 0 radical (unpaired) electrons. The highest BCUT2D eigenvalue weighted by Gasteiger charge is 2.40. The van der Waals surface area contributed by atoms with Crippen LogP contribution in [0.1, 0.15) is 68.4 Å². The molecule has 11 nitrogen and oxygen atoms in total. The Kier molecular flexibility index (Phi) is 17.5. The summed E-state index contributed by atoms with van der Waals surface area (Å²) >= 11 is 0. The molecule has 57 heavy (non-hydrogen) atoms. The molecule has 0 spiro atoms. The number of benzene rings is 3. The van der Waals surface area contributed by atoms with Crippen LogP contribution in [-0.2, 0) is 52.7 Å². The van der Waals surface area contributed by atoms with Crippen molar-refractivity contribution >= 4 is 29.5 Å². The fraction of sp³-hybridized carbons (Fsp3) is 0.500. The van der Waals surface area contributed by atoms with Crippen LogP contribution in [0.4, 0.5) is 0 Å². The quantitative estimate of drug-likeness (QED) is 0.137. The summed E-state index contributed by atoms with van der Waals surface area (Å²) in [7, 11) is 7.92. The average molecular weight is 786 g/mol. The van der Waals surface area contributed by atoms with E-state index in [9.17, 15) is 29.1 Å². The zero-order valence-electron chi connectivity index (χ0n) is 35.7. The van der Waals surface area contributed by atoms with Gasteiger partial charge in [0.05, 0.1) is 7.11 Å². The lowest BCUT2D eigenvalue weighted by Gasteiger charge is -2.36. The molecular formula is C46H63N3O8. The van der Waals surface area contributed by atoms with Gasteiger partial charge in [0.2, 0.25) is 11.8 Å². The van der Waals surface area contributed by atoms with Crippen molar-refractivity contribution in [3.8, 4) is 5.75 Å². The van der Waals surface area contributed by atoms with Crippen LogP contribution >= 0.6 is 0 Å². The number of carbonyl (C=O) groups is 5. The predicted molar refractivity (Wildman–Crippen MR) is 221 cm³/mol. The van der Waals surface area contributed by atoms with Crippen LogP contribution in [0.15, 0.2) is 72.8 Å². The van der Waals surface area contributed by atoms with E-state index in [0.29, 0.717) is 18.4 Å². The van der Waals surface area contributed by atoms with Crippen LogP contribution in [0.3, 0.4) is 0 Å². The largest absolute Gasteiger partial charge is 0.508 e. The number of hydrogen-bond acceptors (Lipinski definition) is 9. The maximum atomic E-state index is 14.6. The van der Waals surface area contributed by atoms with Gasteiger partial charge in [-0.1, -0.05) is 99.5 Å². The van der Waals surface area contributed by atoms with E-state index in [4.69, 9.17) is 9.47 Å². The van der Waals surface area contributed by atoms with Crippen molar-refractivity contribution in [1.82, 2.24) is 14.7 Å². The lowest BCUT2D eigenvalue weighted by atomic mass is 9.85. The number of ether oxygens (including phenoxy) is 2. The van der Waals surface area contributed by atoms with Gasteiger partial charge in [-0.25, -0.2) is 4.79 Å². The van der Waals surface area contributed by atoms with Crippen molar-refractivity contribution in [3.63, 3.8) is 0 Å². The topological polar surface area (TPSA) is 134 Å². The number of likely N-dealkylation sites (N-methyl/N-ethyl adjacent to an activating group) is 3. The minimum atomic E-state index is -1.08. The zero-order chi connectivity index (χ0) is 42.6. The van der Waals surface area contributed by atoms with Gasteiger partial charge in [-0.05, 0) is 75.5 Å². The Bertz CT molecular complexity index is 1790. The first-order valence-electron chi connectivity index (χ1n) is 19.8. The molecule has 0 fully saturated rings. The van der Waals surface area contributed by atoms with Gasteiger partial charge in [-0.15, -0.1) is 0 Å². The SMILES string of the molecule is CC[C@@H](C)[C@@H](OC(=O)[C@@H](Cc1ccc(C)cc1)N(C)C)C(=O)C[C@@H](C(=O)N(C)[C@H](Cc1ccc(O)cc1)C(=O)N(C)[C@@H](Cc1ccc(C)cc1)C(=O)OC)C(C)C. The molecule has 3 aromatic carbocycles. The number of phenols is 1. The van der Waals surface area contributed by atoms with E-state index in [1.54, 1.807) is 31.1 Å². The maximum absolute atomic E-state index is 14.6. The van der Waals surface area contributed by atoms with Crippen molar-refractivity contribution in [2.75, 3.05) is 35.3 Å². The number of amides is 2. The van der Waals surface area contributed by atoms with Crippen molar-refractivity contribution in [1.29, 1.82) is 0 Å². The number of hydrogen-bond donors (Lipinski definition) is 1. The summed E-state index contributed by atoms with van der Waals surface area (Å²) in [6.07, 6.45) is -0.0562. The Morgan fingerprint density at radius 1 is 0.632 bits per heavy atom. The second-order valence-corrected chi connectivity index (χ2v) is 15.9. The number of nitrogens with zero attached hydrogens (tertiary/aromatic N) is 3. The van der Waals surface area contributed by atoms with Crippen LogP contribution in [0.5, 0.6) is 5.75 Å². The predicted octanol–water partition coefficient (Wildman–Crippen LogP) is 5.98. The highest BCUT2D eigenvalue weighted by Crippen LogP contribution is 2.26. The van der Waals surface area contributed by atoms with Gasteiger partial charge < -0.3 is 24.4 Å². The summed E-state index contributed by atoms with van der Waals surface area (Å²) in [4.78, 5) is 74.7. The summed E-state index contributed by atoms with van der Waals surface area (Å²) in [5, 5.41) is 9.95. The Balaban J connectivity index is 1.93. The second-order valence-electron chi connectivity index (χ2n) is 15.9. The van der Waals surface area contributed by atoms with Crippen LogP contribution in [0, 0.1) is 31.6 Å². The molecule has 0 saturated carbocycles. The molecule has 1 N–H and O–H groups in total. The molecule has 11 heteroatoms. The summed E-state index contributed by atoms with van der Waals surface area (Å²) in [5.41, 5.74) is 4.63. The highest BCUT2D eigenvalue weighted by atomic mass is 16.5. The first kappa shape index (κ1) is 46.4. The molecule has 0 aliphatic heterocycles. The number of esters is 2. The Morgan fingerprint density at radius 3 is 1.51 bits per heavy atom. The van der Waals surface area contributed by atoms with Crippen LogP contribution in [-0.4, -0.2) is 109 Å². The van der Waals surface area contributed by atoms with Crippen molar-refractivity contribution in [2.45, 2.75) is 97.9 Å². The lowest BCUT2D eigenvalue weighted by molar-refractivity contribution is -0.163. The minimum absolute atomic E-state index is 0.0500. The third kappa shape index (κ3) is 13.0. The zero-order valence-corrected chi connectivity index (χ0v) is 35.7. The summed E-state index contributed by atoms with van der Waals surface area (Å²) in [5.74, 6) is -3.85. The van der Waals surface area contributed by atoms with E-state index < -0.39 is 53.9 Å². The van der Waals surface area contributed by atoms with Crippen LogP contribution < -0.4 is 0 Å². The first-order chi connectivity index (χ1) is 26.9. The number of carbonyl (C=O) groups excluding carboxylic acids is 5. The van der Waals surface area contributed by atoms with E-state index in [2.05, 4.69) is 0 Å². The van der Waals surface area contributed by atoms with E-state index in [-0.39, 0.29) is 42.6 Å². The number of aromatic hydroxyl groups is 1. The van der Waals surface area contributed by atoms with E-state index in [1.165, 1.54) is 43.1 Å². The van der Waals surface area contributed by atoms with E-state index in [1.807, 2.05) is 90.1 Å². The average Bonchev–Trinajstić information content (AvgIpc) is 3.19. The molecule has 0 heterocycles. The molecule has 0 saturated heterocycles. The number of Topliss-reactive ketones (excluding diaryl/α,β-unsaturated/α-hetero) is 1. The van der Waals surface area contributed by atoms with E-state index >= 15 is 0 Å². The molecule has 2 amide bonds. The van der Waals surface area contributed by atoms with E-state index in [0.717, 1.165) is 22.3 Å². The summed E-state index contributed by atoms with van der Waals surface area (Å²) in [6.45, 7) is 11.4. The number of rotatable bonds is 20. The normalized spacial score (nSPS) is 14.5. The summed E-state index contributed by atoms with van der Waals surface area (Å²) in [6, 6.07) is 19.2. The van der Waals surface area contributed by atoms with Gasteiger partial charge in [-0.2, -0.15) is 0 Å². The third-order valence-corrected chi connectivity index (χ3v) is 11.0. The Labute approximate surface area is 339 Å². The van der Waals surface area contributed by atoms with Gasteiger partial charge in [0.25, 0.3) is 0 Å². The van der Waals surface area contributed by atoms with Gasteiger partial charge in [-0.3, -0.25) is 24.1 Å².